The molecule has 24 heavy (non-hydrogen) atoms. The summed E-state index contributed by atoms with van der Waals surface area (Å²) in [6.07, 6.45) is 3.46. The van der Waals surface area contributed by atoms with Crippen molar-refractivity contribution in [1.82, 2.24) is 29.9 Å². The molecule has 120 valence electrons. The van der Waals surface area contributed by atoms with Gasteiger partial charge in [-0.15, -0.1) is 5.10 Å². The van der Waals surface area contributed by atoms with Crippen molar-refractivity contribution in [3.63, 3.8) is 0 Å². The summed E-state index contributed by atoms with van der Waals surface area (Å²) in [6, 6.07) is 7.68. The smallest absolute Gasteiger partial charge is 0.225 e. The number of aromatic amines is 1. The summed E-state index contributed by atoms with van der Waals surface area (Å²) in [6.45, 7) is 1.94. The summed E-state index contributed by atoms with van der Waals surface area (Å²) < 4.78 is 1.67. The van der Waals surface area contributed by atoms with E-state index < -0.39 is 0 Å². The van der Waals surface area contributed by atoms with Crippen LogP contribution in [0, 0.1) is 6.92 Å². The third-order valence-corrected chi connectivity index (χ3v) is 4.14. The number of aromatic nitrogens is 6. The van der Waals surface area contributed by atoms with E-state index in [0.29, 0.717) is 16.8 Å². The second-order valence-electron chi connectivity index (χ2n) is 5.45. The van der Waals surface area contributed by atoms with Crippen molar-refractivity contribution >= 4 is 34.1 Å². The van der Waals surface area contributed by atoms with Crippen molar-refractivity contribution < 1.29 is 0 Å². The second kappa shape index (κ2) is 5.61. The molecule has 8 heteroatoms. The molecule has 2 N–H and O–H groups in total. The molecule has 0 unspecified atom stereocenters. The van der Waals surface area contributed by atoms with Gasteiger partial charge in [0.25, 0.3) is 0 Å². The first-order valence-electron chi connectivity index (χ1n) is 7.34. The summed E-state index contributed by atoms with van der Waals surface area (Å²) >= 11 is 6.44. The standard InChI is InChI=1S/C16H14ClN7/c1-9-3-4-10(7-18-9)15-21-16(24(2)23-15)20-13-6-5-12-11(14(13)17)8-19-22-12/h3-8H,1-2H3,(H,19,22)(H,20,21,23). The molecule has 4 rings (SSSR count). The summed E-state index contributed by atoms with van der Waals surface area (Å²) in [4.78, 5) is 8.81. The number of nitrogens with zero attached hydrogens (tertiary/aromatic N) is 5. The van der Waals surface area contributed by atoms with Gasteiger partial charge in [-0.1, -0.05) is 11.6 Å². The first-order chi connectivity index (χ1) is 11.6. The number of hydrogen-bond donors (Lipinski definition) is 2. The zero-order chi connectivity index (χ0) is 16.7. The van der Waals surface area contributed by atoms with E-state index >= 15 is 0 Å². The lowest BCUT2D eigenvalue weighted by Gasteiger charge is -2.07. The average molecular weight is 340 g/mol. The van der Waals surface area contributed by atoms with Crippen molar-refractivity contribution in [2.45, 2.75) is 6.92 Å². The minimum atomic E-state index is 0.586. The third kappa shape index (κ3) is 2.48. The van der Waals surface area contributed by atoms with Gasteiger partial charge >= 0.3 is 0 Å². The maximum atomic E-state index is 6.44. The van der Waals surface area contributed by atoms with Gasteiger partial charge in [0.05, 0.1) is 22.4 Å². The van der Waals surface area contributed by atoms with Gasteiger partial charge in [0.2, 0.25) is 5.95 Å². The molecule has 0 saturated carbocycles. The Morgan fingerprint density at radius 3 is 2.83 bits per heavy atom. The van der Waals surface area contributed by atoms with Crippen LogP contribution in [0.25, 0.3) is 22.3 Å². The van der Waals surface area contributed by atoms with E-state index in [1.54, 1.807) is 17.1 Å². The number of hydrogen-bond acceptors (Lipinski definition) is 5. The molecule has 3 heterocycles. The Labute approximate surface area is 142 Å². The van der Waals surface area contributed by atoms with Crippen LogP contribution in [0.4, 0.5) is 11.6 Å². The lowest BCUT2D eigenvalue weighted by molar-refractivity contribution is 0.778. The fourth-order valence-electron chi connectivity index (χ4n) is 2.42. The Hall–Kier alpha value is -2.93. The van der Waals surface area contributed by atoms with Crippen molar-refractivity contribution in [1.29, 1.82) is 0 Å². The molecular weight excluding hydrogens is 326 g/mol. The molecule has 0 amide bonds. The first-order valence-corrected chi connectivity index (χ1v) is 7.72. The highest BCUT2D eigenvalue weighted by Crippen LogP contribution is 2.31. The monoisotopic (exact) mass is 339 g/mol. The van der Waals surface area contributed by atoms with E-state index in [2.05, 4.69) is 30.6 Å². The Balaban J connectivity index is 1.69. The summed E-state index contributed by atoms with van der Waals surface area (Å²) in [5.74, 6) is 1.20. The maximum Gasteiger partial charge on any atom is 0.225 e. The molecule has 0 fully saturated rings. The number of fused-ring (bicyclic) bond motifs is 1. The highest BCUT2D eigenvalue weighted by molar-refractivity contribution is 6.38. The van der Waals surface area contributed by atoms with E-state index in [9.17, 15) is 0 Å². The number of aryl methyl sites for hydroxylation is 2. The van der Waals surface area contributed by atoms with Crippen molar-refractivity contribution in [3.8, 4) is 11.4 Å². The third-order valence-electron chi connectivity index (χ3n) is 3.74. The number of pyridine rings is 1. The van der Waals surface area contributed by atoms with Gasteiger partial charge in [-0.2, -0.15) is 10.1 Å². The van der Waals surface area contributed by atoms with Crippen LogP contribution in [0.1, 0.15) is 5.69 Å². The molecule has 0 atom stereocenters. The molecule has 3 aromatic heterocycles. The van der Waals surface area contributed by atoms with Crippen LogP contribution in [-0.2, 0) is 7.05 Å². The molecule has 0 spiro atoms. The normalized spacial score (nSPS) is 11.1. The molecule has 0 radical (unpaired) electrons. The molecule has 0 aliphatic carbocycles. The number of rotatable bonds is 3. The van der Waals surface area contributed by atoms with Gasteiger partial charge < -0.3 is 5.32 Å². The van der Waals surface area contributed by atoms with Crippen LogP contribution in [0.2, 0.25) is 5.02 Å². The SMILES string of the molecule is Cc1ccc(-c2nc(Nc3ccc4[nH]ncc4c3Cl)n(C)n2)cn1. The Bertz CT molecular complexity index is 1020. The molecule has 7 nitrogen and oxygen atoms in total. The molecule has 1 aromatic carbocycles. The lowest BCUT2D eigenvalue weighted by Crippen LogP contribution is -2.00. The Morgan fingerprint density at radius 2 is 2.04 bits per heavy atom. The molecule has 0 bridgehead atoms. The zero-order valence-electron chi connectivity index (χ0n) is 13.1. The van der Waals surface area contributed by atoms with Crippen LogP contribution in [-0.4, -0.2) is 29.9 Å². The summed E-state index contributed by atoms with van der Waals surface area (Å²) in [5.41, 5.74) is 3.44. The highest BCUT2D eigenvalue weighted by Gasteiger charge is 2.13. The molecule has 0 aliphatic rings. The van der Waals surface area contributed by atoms with E-state index in [0.717, 1.165) is 27.8 Å². The van der Waals surface area contributed by atoms with E-state index in [-0.39, 0.29) is 0 Å². The number of halogens is 1. The highest BCUT2D eigenvalue weighted by atomic mass is 35.5. The van der Waals surface area contributed by atoms with Crippen LogP contribution in [0.15, 0.2) is 36.7 Å². The number of benzene rings is 1. The average Bonchev–Trinajstić information content (AvgIpc) is 3.18. The first kappa shape index (κ1) is 14.6. The summed E-state index contributed by atoms with van der Waals surface area (Å²) in [7, 11) is 1.82. The molecule has 4 aromatic rings. The molecular formula is C16H14ClN7. The predicted octanol–water partition coefficient (Wildman–Crippen LogP) is 3.46. The van der Waals surface area contributed by atoms with Gasteiger partial charge in [-0.05, 0) is 31.2 Å². The second-order valence-corrected chi connectivity index (χ2v) is 5.83. The number of anilines is 2. The predicted molar refractivity (Wildman–Crippen MR) is 93.4 cm³/mol. The minimum absolute atomic E-state index is 0.586. The van der Waals surface area contributed by atoms with Gasteiger partial charge in [-0.3, -0.25) is 10.1 Å². The van der Waals surface area contributed by atoms with E-state index in [1.165, 1.54) is 0 Å². The Morgan fingerprint density at radius 1 is 1.17 bits per heavy atom. The minimum Gasteiger partial charge on any atom is -0.323 e. The zero-order valence-corrected chi connectivity index (χ0v) is 13.8. The van der Waals surface area contributed by atoms with E-state index in [4.69, 9.17) is 11.6 Å². The molecule has 0 saturated heterocycles. The van der Waals surface area contributed by atoms with Gasteiger partial charge in [0, 0.05) is 29.9 Å². The maximum absolute atomic E-state index is 6.44. The topological polar surface area (TPSA) is 84.3 Å². The van der Waals surface area contributed by atoms with Crippen molar-refractivity contribution in [2.24, 2.45) is 7.05 Å². The lowest BCUT2D eigenvalue weighted by atomic mass is 10.2. The largest absolute Gasteiger partial charge is 0.323 e. The molecule has 0 aliphatic heterocycles. The van der Waals surface area contributed by atoms with Gasteiger partial charge in [0.1, 0.15) is 0 Å². The quantitative estimate of drug-likeness (QED) is 0.597. The van der Waals surface area contributed by atoms with E-state index in [1.807, 2.05) is 38.2 Å². The van der Waals surface area contributed by atoms with Crippen LogP contribution in [0.3, 0.4) is 0 Å². The van der Waals surface area contributed by atoms with Crippen molar-refractivity contribution in [2.75, 3.05) is 5.32 Å². The van der Waals surface area contributed by atoms with Gasteiger partial charge in [-0.25, -0.2) is 4.68 Å². The summed E-state index contributed by atoms with van der Waals surface area (Å²) in [5, 5.41) is 16.0. The fraction of sp³-hybridized carbons (Fsp3) is 0.125. The Kier molecular flexibility index (Phi) is 3.42. The van der Waals surface area contributed by atoms with Crippen LogP contribution < -0.4 is 5.32 Å². The van der Waals surface area contributed by atoms with Crippen molar-refractivity contribution in [3.05, 3.63) is 47.4 Å². The fourth-order valence-corrected chi connectivity index (χ4v) is 2.68. The van der Waals surface area contributed by atoms with Crippen LogP contribution in [0.5, 0.6) is 0 Å². The number of nitrogens with one attached hydrogen (secondary N) is 2. The number of H-pyrrole nitrogens is 1. The van der Waals surface area contributed by atoms with Crippen LogP contribution >= 0.6 is 11.6 Å². The van der Waals surface area contributed by atoms with Gasteiger partial charge in [0.15, 0.2) is 5.82 Å².